The summed E-state index contributed by atoms with van der Waals surface area (Å²) in [6.45, 7) is 4.70. The highest BCUT2D eigenvalue weighted by molar-refractivity contribution is 7.59. The van der Waals surface area contributed by atoms with Crippen molar-refractivity contribution in [2.75, 3.05) is 0 Å². The molecule has 8 heteroatoms. The highest BCUT2D eigenvalue weighted by atomic mass is 32.1. The Morgan fingerprint density at radius 2 is 1.81 bits per heavy atom. The predicted octanol–water partition coefficient (Wildman–Crippen LogP) is 3.81. The van der Waals surface area contributed by atoms with Crippen LogP contribution in [0.15, 0.2) is 23.8 Å². The summed E-state index contributed by atoms with van der Waals surface area (Å²) in [6.07, 6.45) is 11.9. The number of esters is 1. The molecule has 0 amide bonds. The molecule has 9 atom stereocenters. The lowest BCUT2D eigenvalue weighted by Crippen LogP contribution is -2.60. The Morgan fingerprint density at radius 1 is 1.06 bits per heavy atom. The fourth-order valence-corrected chi connectivity index (χ4v) is 8.75. The highest BCUT2D eigenvalue weighted by Crippen LogP contribution is 2.82. The zero-order valence-corrected chi connectivity index (χ0v) is 22.0. The first-order chi connectivity index (χ1) is 12.8. The predicted molar refractivity (Wildman–Crippen MR) is 138 cm³/mol. The van der Waals surface area contributed by atoms with E-state index in [-0.39, 0.29) is 93.9 Å². The second-order valence-electron chi connectivity index (χ2n) is 10.7. The normalized spacial score (nSPS) is 53.5. The van der Waals surface area contributed by atoms with Gasteiger partial charge in [-0.05, 0) is 74.9 Å². The Bertz CT molecular complexity index is 904. The lowest BCUT2D eigenvalue weighted by atomic mass is 9.47. The first-order valence-electron chi connectivity index (χ1n) is 10.7. The van der Waals surface area contributed by atoms with Crippen LogP contribution in [0.25, 0.3) is 0 Å². The lowest BCUT2D eigenvalue weighted by molar-refractivity contribution is -0.164. The largest absolute Gasteiger partial charge is 0.458 e. The Labute approximate surface area is 212 Å². The van der Waals surface area contributed by atoms with Gasteiger partial charge in [0.1, 0.15) is 11.2 Å². The van der Waals surface area contributed by atoms with Gasteiger partial charge in [-0.15, -0.1) is 0 Å². The van der Waals surface area contributed by atoms with Crippen LogP contribution in [0.2, 0.25) is 0 Å². The molecule has 0 N–H and O–H groups in total. The van der Waals surface area contributed by atoms with Crippen molar-refractivity contribution >= 4 is 65.7 Å². The van der Waals surface area contributed by atoms with E-state index in [1.54, 1.807) is 6.08 Å². The Balaban J connectivity index is 0.000000681. The molecule has 4 saturated carbocycles. The number of ketones is 1. The minimum atomic E-state index is -0.257. The molecule has 7 aliphatic rings. The molecule has 5 aliphatic carbocycles. The number of epoxide rings is 1. The van der Waals surface area contributed by atoms with Crippen LogP contribution in [0.3, 0.4) is 0 Å². The highest BCUT2D eigenvalue weighted by Gasteiger charge is 2.85. The van der Waals surface area contributed by atoms with Crippen molar-refractivity contribution < 1.29 is 19.1 Å². The van der Waals surface area contributed by atoms with Crippen LogP contribution in [-0.4, -0.2) is 29.1 Å². The van der Waals surface area contributed by atoms with Crippen LogP contribution >= 0.6 is 54.0 Å². The van der Waals surface area contributed by atoms with E-state index < -0.39 is 0 Å². The number of hydrogen-bond acceptors (Lipinski definition) is 4. The quantitative estimate of drug-likeness (QED) is 0.373. The van der Waals surface area contributed by atoms with Crippen molar-refractivity contribution in [3.05, 3.63) is 23.8 Å². The average Bonchev–Trinajstić information content (AvgIpc) is 3.49. The summed E-state index contributed by atoms with van der Waals surface area (Å²) in [4.78, 5) is 24.1. The maximum atomic E-state index is 12.1. The fraction of sp³-hybridized carbons (Fsp3) is 0.739. The molecule has 7 rings (SSSR count). The minimum absolute atomic E-state index is 0. The van der Waals surface area contributed by atoms with Gasteiger partial charge in [0, 0.05) is 17.3 Å². The molecule has 0 bridgehead atoms. The van der Waals surface area contributed by atoms with E-state index in [1.807, 2.05) is 6.08 Å². The average molecular weight is 503 g/mol. The van der Waals surface area contributed by atoms with Crippen LogP contribution in [0, 0.1) is 34.5 Å². The van der Waals surface area contributed by atoms with Crippen LogP contribution in [0.5, 0.6) is 0 Å². The summed E-state index contributed by atoms with van der Waals surface area (Å²) in [6, 6.07) is 0. The first kappa shape index (κ1) is 25.6. The van der Waals surface area contributed by atoms with Gasteiger partial charge in [0.05, 0.1) is 6.10 Å². The van der Waals surface area contributed by atoms with Gasteiger partial charge >= 0.3 is 5.97 Å². The van der Waals surface area contributed by atoms with Crippen molar-refractivity contribution in [3.8, 4) is 0 Å². The molecule has 0 aromatic rings. The second kappa shape index (κ2) is 7.24. The first-order valence-corrected chi connectivity index (χ1v) is 10.7. The Hall–Kier alpha value is -0.0200. The molecular weight excluding hydrogens is 469 g/mol. The molecule has 0 aromatic carbocycles. The van der Waals surface area contributed by atoms with Gasteiger partial charge in [0.25, 0.3) is 0 Å². The van der Waals surface area contributed by atoms with Gasteiger partial charge in [-0.2, -0.15) is 54.0 Å². The van der Waals surface area contributed by atoms with E-state index in [4.69, 9.17) is 9.47 Å². The van der Waals surface area contributed by atoms with Gasteiger partial charge in [-0.1, -0.05) is 18.6 Å². The third kappa shape index (κ3) is 2.60. The second-order valence-corrected chi connectivity index (χ2v) is 10.7. The third-order valence-electron chi connectivity index (χ3n) is 10.0. The van der Waals surface area contributed by atoms with Gasteiger partial charge in [-0.3, -0.25) is 9.59 Å². The molecule has 174 valence electrons. The minimum Gasteiger partial charge on any atom is -0.458 e. The van der Waals surface area contributed by atoms with Gasteiger partial charge in [0.2, 0.25) is 0 Å². The Morgan fingerprint density at radius 3 is 2.48 bits per heavy atom. The van der Waals surface area contributed by atoms with Crippen molar-refractivity contribution in [2.24, 2.45) is 34.5 Å². The summed E-state index contributed by atoms with van der Waals surface area (Å²) in [5, 5.41) is 0. The molecule has 2 aliphatic heterocycles. The molecule has 4 nitrogen and oxygen atoms in total. The topological polar surface area (TPSA) is 55.9 Å². The molecule has 0 radical (unpaired) electrons. The molecule has 6 fully saturated rings. The summed E-state index contributed by atoms with van der Waals surface area (Å²) in [7, 11) is 0. The smallest absolute Gasteiger partial charge is 0.306 e. The summed E-state index contributed by atoms with van der Waals surface area (Å²) < 4.78 is 12.7. The molecule has 0 unspecified atom stereocenters. The number of allylic oxidation sites excluding steroid dienone is 2. The number of rotatable bonds is 0. The summed E-state index contributed by atoms with van der Waals surface area (Å²) >= 11 is 0. The van der Waals surface area contributed by atoms with E-state index in [2.05, 4.69) is 19.9 Å². The van der Waals surface area contributed by atoms with E-state index in [0.717, 1.165) is 25.7 Å². The van der Waals surface area contributed by atoms with E-state index in [9.17, 15) is 9.59 Å². The van der Waals surface area contributed by atoms with E-state index in [1.165, 1.54) is 12.0 Å². The maximum absolute atomic E-state index is 12.1. The van der Waals surface area contributed by atoms with Crippen molar-refractivity contribution in [2.45, 2.75) is 69.7 Å². The number of ether oxygens (including phenoxy) is 2. The van der Waals surface area contributed by atoms with Crippen LogP contribution < -0.4 is 0 Å². The van der Waals surface area contributed by atoms with Crippen LogP contribution in [-0.2, 0) is 19.1 Å². The summed E-state index contributed by atoms with van der Waals surface area (Å²) in [5.41, 5.74) is 0.839. The fourth-order valence-electron chi connectivity index (χ4n) is 8.75. The van der Waals surface area contributed by atoms with Crippen LogP contribution in [0.1, 0.15) is 52.4 Å². The third-order valence-corrected chi connectivity index (χ3v) is 10.0. The van der Waals surface area contributed by atoms with Crippen LogP contribution in [0.4, 0.5) is 0 Å². The number of hydrogen-bond donors (Lipinski definition) is 0. The zero-order chi connectivity index (χ0) is 18.4. The lowest BCUT2D eigenvalue weighted by Gasteiger charge is -2.55. The maximum Gasteiger partial charge on any atom is 0.306 e. The zero-order valence-electron chi connectivity index (χ0n) is 18.0. The van der Waals surface area contributed by atoms with Gasteiger partial charge < -0.3 is 9.47 Å². The molecule has 2 spiro atoms. The van der Waals surface area contributed by atoms with E-state index in [0.29, 0.717) is 30.1 Å². The number of fused-ring (bicyclic) bond motifs is 7. The monoisotopic (exact) mass is 502 g/mol. The molecular formula is C23H34O4S4. The molecule has 0 aromatic heterocycles. The van der Waals surface area contributed by atoms with Crippen molar-refractivity contribution in [3.63, 3.8) is 0 Å². The van der Waals surface area contributed by atoms with Gasteiger partial charge in [0.15, 0.2) is 5.78 Å². The molecule has 2 heterocycles. The van der Waals surface area contributed by atoms with Crippen molar-refractivity contribution in [1.82, 2.24) is 0 Å². The van der Waals surface area contributed by atoms with Crippen molar-refractivity contribution in [1.29, 1.82) is 0 Å². The SMILES string of the molecule is C[C@]12C=CC(=O)C=C1[C@@H]1C[C@@H]1[C@H]1[C@@H]3CC[C@@]4(CCC(=O)O4)[C@@]3(C)C[C@H]3O[C@@]132.S.S.S.S. The van der Waals surface area contributed by atoms with Gasteiger partial charge in [-0.25, -0.2) is 0 Å². The molecule has 31 heavy (non-hydrogen) atoms. The molecule has 2 saturated heterocycles. The standard InChI is InChI=1S/C23H26O4.4H2S/c1-20-6-3-12(24)9-16(20)13-10-14(13)19-15-4-7-22(8-5-18(25)27-22)21(15,2)11-17-23(19,20)26-17;;;;/h3,6,9,13-15,17,19H,4-5,7-8,10-11H2,1-2H3;4*1H2/t13-,14+,15+,17-,19+,20+,21+,22-,23-;;;;/m1..../s1. The van der Waals surface area contributed by atoms with E-state index >= 15 is 0 Å². The number of carbonyl (C=O) groups is 2. The Kier molecular flexibility index (Phi) is 5.98. The number of carbonyl (C=O) groups excluding carboxylic acids is 2. The summed E-state index contributed by atoms with van der Waals surface area (Å²) in [5.74, 6) is 2.41.